The lowest BCUT2D eigenvalue weighted by molar-refractivity contribution is 0.254. The summed E-state index contributed by atoms with van der Waals surface area (Å²) in [5.74, 6) is 1.72. The monoisotopic (exact) mass is 380 g/mol. The molecular weight excluding hydrogens is 356 g/mol. The first-order valence-electron chi connectivity index (χ1n) is 9.75. The number of nitrogens with zero attached hydrogens (tertiary/aromatic N) is 4. The summed E-state index contributed by atoms with van der Waals surface area (Å²) in [4.78, 5) is 14.7. The normalized spacial score (nSPS) is 15.4. The van der Waals surface area contributed by atoms with E-state index in [9.17, 15) is 0 Å². The molecule has 4 nitrogen and oxygen atoms in total. The molecule has 140 valence electrons. The Morgan fingerprint density at radius 1 is 0.926 bits per heavy atom. The Kier molecular flexibility index (Phi) is 5.55. The predicted molar refractivity (Wildman–Crippen MR) is 114 cm³/mol. The van der Waals surface area contributed by atoms with E-state index in [1.165, 1.54) is 19.4 Å². The molecule has 1 fully saturated rings. The van der Waals surface area contributed by atoms with Gasteiger partial charge in [0, 0.05) is 37.1 Å². The van der Waals surface area contributed by atoms with Gasteiger partial charge < -0.3 is 4.90 Å². The Morgan fingerprint density at radius 3 is 2.44 bits per heavy atom. The molecule has 0 N–H and O–H groups in total. The fraction of sp³-hybridized carbons (Fsp3) is 0.364. The lowest BCUT2D eigenvalue weighted by atomic mass is 10.1. The molecule has 27 heavy (non-hydrogen) atoms. The first-order chi connectivity index (χ1) is 13.3. The fourth-order valence-corrected chi connectivity index (χ4v) is 3.85. The van der Waals surface area contributed by atoms with Crippen molar-refractivity contribution in [1.82, 2.24) is 14.9 Å². The van der Waals surface area contributed by atoms with Crippen LogP contribution in [0.2, 0.25) is 5.02 Å². The van der Waals surface area contributed by atoms with Gasteiger partial charge in [-0.15, -0.1) is 0 Å². The Morgan fingerprint density at radius 2 is 1.67 bits per heavy atom. The average molecular weight is 381 g/mol. The number of halogens is 1. The summed E-state index contributed by atoms with van der Waals surface area (Å²) < 4.78 is 0. The van der Waals surface area contributed by atoms with Crippen molar-refractivity contribution in [3.05, 3.63) is 53.6 Å². The van der Waals surface area contributed by atoms with Gasteiger partial charge in [0.2, 0.25) is 0 Å². The number of piperazine rings is 1. The number of unbranched alkanes of at least 4 members (excludes halogenated alkanes) is 1. The lowest BCUT2D eigenvalue weighted by Gasteiger charge is -2.36. The van der Waals surface area contributed by atoms with Crippen molar-refractivity contribution < 1.29 is 0 Å². The number of fused-ring (bicyclic) bond motifs is 1. The summed E-state index contributed by atoms with van der Waals surface area (Å²) in [5.41, 5.74) is 1.85. The molecule has 0 atom stereocenters. The van der Waals surface area contributed by atoms with Crippen molar-refractivity contribution in [2.24, 2.45) is 0 Å². The summed E-state index contributed by atoms with van der Waals surface area (Å²) in [7, 11) is 0. The van der Waals surface area contributed by atoms with E-state index in [0.717, 1.165) is 48.5 Å². The third-order valence-corrected chi connectivity index (χ3v) is 5.53. The zero-order chi connectivity index (χ0) is 18.6. The molecule has 0 unspecified atom stereocenters. The third-order valence-electron chi connectivity index (χ3n) is 5.20. The van der Waals surface area contributed by atoms with Crippen LogP contribution in [0.4, 0.5) is 5.82 Å². The molecule has 0 aliphatic carbocycles. The van der Waals surface area contributed by atoms with E-state index in [1.807, 2.05) is 30.3 Å². The quantitative estimate of drug-likeness (QED) is 0.632. The molecule has 1 aliphatic rings. The SMILES string of the molecule is CCCCN1CCN(c2nc(-c3ccccc3Cl)nc3ccccc23)CC1. The maximum Gasteiger partial charge on any atom is 0.163 e. The predicted octanol–water partition coefficient (Wildman–Crippen LogP) is 4.87. The van der Waals surface area contributed by atoms with Gasteiger partial charge in [-0.25, -0.2) is 9.97 Å². The summed E-state index contributed by atoms with van der Waals surface area (Å²) in [6.07, 6.45) is 2.52. The van der Waals surface area contributed by atoms with Gasteiger partial charge in [0.15, 0.2) is 5.82 Å². The molecule has 0 amide bonds. The van der Waals surface area contributed by atoms with Crippen LogP contribution in [0.1, 0.15) is 19.8 Å². The molecule has 0 bridgehead atoms. The molecule has 4 rings (SSSR count). The maximum atomic E-state index is 6.42. The summed E-state index contributed by atoms with van der Waals surface area (Å²) in [6, 6.07) is 16.0. The molecule has 0 spiro atoms. The first kappa shape index (κ1) is 18.2. The van der Waals surface area contributed by atoms with Crippen molar-refractivity contribution in [3.63, 3.8) is 0 Å². The van der Waals surface area contributed by atoms with Gasteiger partial charge in [0.25, 0.3) is 0 Å². The number of hydrogen-bond donors (Lipinski definition) is 0. The Labute approximate surface area is 165 Å². The van der Waals surface area contributed by atoms with Crippen LogP contribution in [0.15, 0.2) is 48.5 Å². The maximum absolute atomic E-state index is 6.42. The van der Waals surface area contributed by atoms with Crippen LogP contribution in [-0.2, 0) is 0 Å². The second-order valence-corrected chi connectivity index (χ2v) is 7.46. The molecule has 2 aromatic carbocycles. The van der Waals surface area contributed by atoms with Gasteiger partial charge in [-0.1, -0.05) is 49.2 Å². The summed E-state index contributed by atoms with van der Waals surface area (Å²) in [5, 5.41) is 1.79. The smallest absolute Gasteiger partial charge is 0.163 e. The highest BCUT2D eigenvalue weighted by Crippen LogP contribution is 2.31. The van der Waals surface area contributed by atoms with Crippen LogP contribution in [-0.4, -0.2) is 47.6 Å². The van der Waals surface area contributed by atoms with Crippen LogP contribution in [0, 0.1) is 0 Å². The molecule has 0 radical (unpaired) electrons. The minimum absolute atomic E-state index is 0.683. The van der Waals surface area contributed by atoms with Crippen molar-refractivity contribution >= 4 is 28.3 Å². The van der Waals surface area contributed by atoms with E-state index in [2.05, 4.69) is 34.9 Å². The minimum Gasteiger partial charge on any atom is -0.353 e. The molecule has 1 saturated heterocycles. The first-order valence-corrected chi connectivity index (χ1v) is 10.1. The number of aromatic nitrogens is 2. The highest BCUT2D eigenvalue weighted by atomic mass is 35.5. The minimum atomic E-state index is 0.683. The highest BCUT2D eigenvalue weighted by molar-refractivity contribution is 6.33. The van der Waals surface area contributed by atoms with Gasteiger partial charge >= 0.3 is 0 Å². The summed E-state index contributed by atoms with van der Waals surface area (Å²) in [6.45, 7) is 7.60. The van der Waals surface area contributed by atoms with E-state index >= 15 is 0 Å². The third kappa shape index (κ3) is 3.92. The van der Waals surface area contributed by atoms with E-state index in [0.29, 0.717) is 10.8 Å². The van der Waals surface area contributed by atoms with E-state index in [-0.39, 0.29) is 0 Å². The van der Waals surface area contributed by atoms with Gasteiger partial charge in [0.1, 0.15) is 5.82 Å². The highest BCUT2D eigenvalue weighted by Gasteiger charge is 2.21. The van der Waals surface area contributed by atoms with Gasteiger partial charge in [-0.05, 0) is 37.2 Å². The molecule has 5 heteroatoms. The Hall–Kier alpha value is -2.17. The van der Waals surface area contributed by atoms with Crippen molar-refractivity contribution in [3.8, 4) is 11.4 Å². The molecule has 1 aromatic heterocycles. The van der Waals surface area contributed by atoms with Crippen LogP contribution in [0.5, 0.6) is 0 Å². The van der Waals surface area contributed by atoms with Crippen LogP contribution < -0.4 is 4.90 Å². The Bertz CT molecular complexity index is 919. The second kappa shape index (κ2) is 8.24. The van der Waals surface area contributed by atoms with Gasteiger partial charge in [-0.2, -0.15) is 0 Å². The Balaban J connectivity index is 1.69. The van der Waals surface area contributed by atoms with E-state index in [4.69, 9.17) is 21.6 Å². The van der Waals surface area contributed by atoms with Gasteiger partial charge in [0.05, 0.1) is 10.5 Å². The van der Waals surface area contributed by atoms with E-state index < -0.39 is 0 Å². The largest absolute Gasteiger partial charge is 0.353 e. The topological polar surface area (TPSA) is 32.3 Å². The second-order valence-electron chi connectivity index (χ2n) is 7.05. The zero-order valence-electron chi connectivity index (χ0n) is 15.7. The number of rotatable bonds is 5. The number of benzene rings is 2. The molecular formula is C22H25ClN4. The van der Waals surface area contributed by atoms with Crippen molar-refractivity contribution in [2.75, 3.05) is 37.6 Å². The number of para-hydroxylation sites is 1. The average Bonchev–Trinajstić information content (AvgIpc) is 2.72. The van der Waals surface area contributed by atoms with Crippen LogP contribution >= 0.6 is 11.6 Å². The molecule has 2 heterocycles. The number of anilines is 1. The zero-order valence-corrected chi connectivity index (χ0v) is 16.5. The standard InChI is InChI=1S/C22H25ClN4/c1-2-3-12-26-13-15-27(16-14-26)22-18-9-5-7-11-20(18)24-21(25-22)17-8-4-6-10-19(17)23/h4-11H,2-3,12-16H2,1H3. The van der Waals surface area contributed by atoms with Crippen LogP contribution in [0.3, 0.4) is 0 Å². The number of hydrogen-bond acceptors (Lipinski definition) is 4. The molecule has 1 aliphatic heterocycles. The van der Waals surface area contributed by atoms with Crippen molar-refractivity contribution in [1.29, 1.82) is 0 Å². The molecule has 3 aromatic rings. The fourth-order valence-electron chi connectivity index (χ4n) is 3.63. The van der Waals surface area contributed by atoms with Crippen LogP contribution in [0.25, 0.3) is 22.3 Å². The molecule has 0 saturated carbocycles. The summed E-state index contributed by atoms with van der Waals surface area (Å²) >= 11 is 6.42. The lowest BCUT2D eigenvalue weighted by Crippen LogP contribution is -2.47. The van der Waals surface area contributed by atoms with E-state index in [1.54, 1.807) is 0 Å². The van der Waals surface area contributed by atoms with Crippen molar-refractivity contribution in [2.45, 2.75) is 19.8 Å². The van der Waals surface area contributed by atoms with Gasteiger partial charge in [-0.3, -0.25) is 4.90 Å².